The summed E-state index contributed by atoms with van der Waals surface area (Å²) in [4.78, 5) is 30.0. The molecule has 1 aromatic heterocycles. The Morgan fingerprint density at radius 1 is 1.28 bits per heavy atom. The van der Waals surface area contributed by atoms with Crippen molar-refractivity contribution in [3.05, 3.63) is 34.3 Å². The number of rotatable bonds is 7. The minimum Gasteiger partial charge on any atom is -0.382 e. The summed E-state index contributed by atoms with van der Waals surface area (Å²) in [5.41, 5.74) is 3.25. The van der Waals surface area contributed by atoms with Gasteiger partial charge in [0.2, 0.25) is 5.91 Å². The van der Waals surface area contributed by atoms with Gasteiger partial charge in [-0.3, -0.25) is 9.78 Å². The van der Waals surface area contributed by atoms with Gasteiger partial charge < -0.3 is 25.4 Å². The molecule has 1 saturated heterocycles. The second-order valence-electron chi connectivity index (χ2n) is 7.52. The molecule has 4 rings (SSSR count). The Morgan fingerprint density at radius 3 is 2.83 bits per heavy atom. The van der Waals surface area contributed by atoms with Crippen molar-refractivity contribution in [3.8, 4) is 0 Å². The van der Waals surface area contributed by atoms with Crippen molar-refractivity contribution < 1.29 is 19.1 Å². The smallest absolute Gasteiger partial charge is 0.315 e. The number of methoxy groups -OCH3 is 1. The van der Waals surface area contributed by atoms with E-state index in [1.54, 1.807) is 18.8 Å². The lowest BCUT2D eigenvalue weighted by Crippen LogP contribution is -2.46. The summed E-state index contributed by atoms with van der Waals surface area (Å²) in [5, 5.41) is 8.90. The van der Waals surface area contributed by atoms with Gasteiger partial charge in [-0.15, -0.1) is 11.3 Å². The summed E-state index contributed by atoms with van der Waals surface area (Å²) in [6.45, 7) is 1.20. The van der Waals surface area contributed by atoms with Gasteiger partial charge in [0, 0.05) is 24.9 Å². The predicted molar refractivity (Wildman–Crippen MR) is 109 cm³/mol. The van der Waals surface area contributed by atoms with E-state index in [4.69, 9.17) is 9.47 Å². The molecule has 2 aliphatic carbocycles. The first-order chi connectivity index (χ1) is 14.1. The van der Waals surface area contributed by atoms with Crippen molar-refractivity contribution in [2.45, 2.75) is 49.9 Å². The van der Waals surface area contributed by atoms with E-state index in [1.807, 2.05) is 12.2 Å². The third kappa shape index (κ3) is 4.68. The van der Waals surface area contributed by atoms with E-state index >= 15 is 0 Å². The zero-order valence-electron chi connectivity index (χ0n) is 16.3. The van der Waals surface area contributed by atoms with Crippen LogP contribution in [0.1, 0.15) is 30.6 Å². The Balaban J connectivity index is 1.39. The van der Waals surface area contributed by atoms with Crippen molar-refractivity contribution in [2.75, 3.05) is 20.3 Å². The molecule has 2 heterocycles. The molecule has 0 aromatic carbocycles. The summed E-state index contributed by atoms with van der Waals surface area (Å²) >= 11 is 1.51. The first-order valence-electron chi connectivity index (χ1n) is 9.94. The number of allylic oxidation sites excluding steroid dienone is 2. The Labute approximate surface area is 173 Å². The highest BCUT2D eigenvalue weighted by Crippen LogP contribution is 2.30. The molecular formula is C20H26N4O4S. The van der Waals surface area contributed by atoms with E-state index in [0.29, 0.717) is 18.8 Å². The fraction of sp³-hybridized carbons (Fsp3) is 0.550. The summed E-state index contributed by atoms with van der Waals surface area (Å²) < 4.78 is 10.8. The molecular weight excluding hydrogens is 392 g/mol. The third-order valence-electron chi connectivity index (χ3n) is 5.58. The number of carbonyl (C=O) groups excluding carboxylic acids is 2. The number of amides is 3. The van der Waals surface area contributed by atoms with Crippen LogP contribution in [0.3, 0.4) is 0 Å². The largest absolute Gasteiger partial charge is 0.382 e. The first kappa shape index (κ1) is 20.1. The Hall–Kier alpha value is -2.23. The van der Waals surface area contributed by atoms with Crippen LogP contribution < -0.4 is 16.0 Å². The number of hydrogen-bond donors (Lipinski definition) is 3. The highest BCUT2D eigenvalue weighted by Gasteiger charge is 2.39. The van der Waals surface area contributed by atoms with E-state index in [1.165, 1.54) is 11.3 Å². The topological polar surface area (TPSA) is 102 Å². The monoisotopic (exact) mass is 418 g/mol. The maximum atomic E-state index is 13.1. The summed E-state index contributed by atoms with van der Waals surface area (Å²) in [6.07, 6.45) is 9.47. The Kier molecular flexibility index (Phi) is 6.27. The number of nitrogens with one attached hydrogen (secondary N) is 3. The molecule has 2 fully saturated rings. The predicted octanol–water partition coefficient (Wildman–Crippen LogP) is 1.61. The zero-order valence-corrected chi connectivity index (χ0v) is 17.2. The van der Waals surface area contributed by atoms with Crippen molar-refractivity contribution in [1.29, 1.82) is 0 Å². The second kappa shape index (κ2) is 9.06. The SMILES string of the molecule is COCCOC1CCC(NC(=O)C2=CC(c3cncs3)=CC3NC(=O)NC23)CC1. The van der Waals surface area contributed by atoms with Crippen LogP contribution in [0.25, 0.3) is 5.57 Å². The van der Waals surface area contributed by atoms with E-state index < -0.39 is 0 Å². The molecule has 0 bridgehead atoms. The molecule has 2 unspecified atom stereocenters. The van der Waals surface area contributed by atoms with Crippen molar-refractivity contribution >= 4 is 28.8 Å². The van der Waals surface area contributed by atoms with Gasteiger partial charge in [0.1, 0.15) is 0 Å². The molecule has 3 aliphatic rings. The van der Waals surface area contributed by atoms with Crippen molar-refractivity contribution in [3.63, 3.8) is 0 Å². The standard InChI is InChI=1S/C20H26N4O4S/c1-27-6-7-28-14-4-2-13(3-5-14)22-19(25)15-8-12(17-10-21-11-29-17)9-16-18(15)24-20(26)23-16/h8-11,13-14,16,18H,2-7H2,1H3,(H,22,25)(H2,23,24,26). The van der Waals surface area contributed by atoms with Crippen LogP contribution in [-0.2, 0) is 14.3 Å². The molecule has 1 aliphatic heterocycles. The molecule has 0 radical (unpaired) electrons. The van der Waals surface area contributed by atoms with E-state index in [2.05, 4.69) is 20.9 Å². The van der Waals surface area contributed by atoms with Crippen LogP contribution in [0.2, 0.25) is 0 Å². The number of hydrogen-bond acceptors (Lipinski definition) is 6. The number of carbonyl (C=O) groups is 2. The lowest BCUT2D eigenvalue weighted by atomic mass is 9.89. The highest BCUT2D eigenvalue weighted by molar-refractivity contribution is 7.10. The van der Waals surface area contributed by atoms with Crippen LogP contribution >= 0.6 is 11.3 Å². The number of nitrogens with zero attached hydrogens (tertiary/aromatic N) is 1. The summed E-state index contributed by atoms with van der Waals surface area (Å²) in [5.74, 6) is -0.122. The molecule has 3 amide bonds. The van der Waals surface area contributed by atoms with Crippen molar-refractivity contribution in [1.82, 2.24) is 20.9 Å². The molecule has 1 aromatic rings. The van der Waals surface area contributed by atoms with Crippen molar-refractivity contribution in [2.24, 2.45) is 0 Å². The third-order valence-corrected chi connectivity index (χ3v) is 6.40. The van der Waals surface area contributed by atoms with Crippen LogP contribution in [-0.4, -0.2) is 61.5 Å². The fourth-order valence-corrected chi connectivity index (χ4v) is 4.69. The Morgan fingerprint density at radius 2 is 2.10 bits per heavy atom. The van der Waals surface area contributed by atoms with Crippen LogP contribution in [0.4, 0.5) is 4.79 Å². The van der Waals surface area contributed by atoms with Gasteiger partial charge in [0.05, 0.1) is 41.8 Å². The average molecular weight is 419 g/mol. The number of aromatic nitrogens is 1. The average Bonchev–Trinajstić information content (AvgIpc) is 3.37. The quantitative estimate of drug-likeness (QED) is 0.584. The minimum atomic E-state index is -0.354. The van der Waals surface area contributed by atoms with Gasteiger partial charge in [-0.2, -0.15) is 0 Å². The number of urea groups is 1. The summed E-state index contributed by atoms with van der Waals surface area (Å²) in [7, 11) is 1.66. The van der Waals surface area contributed by atoms with Gasteiger partial charge in [0.25, 0.3) is 0 Å². The van der Waals surface area contributed by atoms with Gasteiger partial charge in [-0.05, 0) is 37.3 Å². The van der Waals surface area contributed by atoms with Gasteiger partial charge in [-0.1, -0.05) is 6.08 Å². The number of ether oxygens (including phenoxy) is 2. The first-order valence-corrected chi connectivity index (χ1v) is 10.8. The molecule has 29 heavy (non-hydrogen) atoms. The Bertz CT molecular complexity index is 799. The molecule has 0 spiro atoms. The lowest BCUT2D eigenvalue weighted by molar-refractivity contribution is -0.119. The van der Waals surface area contributed by atoms with E-state index in [0.717, 1.165) is 36.1 Å². The maximum Gasteiger partial charge on any atom is 0.315 e. The van der Waals surface area contributed by atoms with E-state index in [-0.39, 0.29) is 36.2 Å². The zero-order chi connectivity index (χ0) is 20.2. The fourth-order valence-electron chi connectivity index (χ4n) is 4.07. The number of fused-ring (bicyclic) bond motifs is 1. The molecule has 2 atom stereocenters. The van der Waals surface area contributed by atoms with Crippen LogP contribution in [0, 0.1) is 0 Å². The van der Waals surface area contributed by atoms with Gasteiger partial charge in [-0.25, -0.2) is 4.79 Å². The maximum absolute atomic E-state index is 13.1. The molecule has 9 heteroatoms. The normalized spacial score (nSPS) is 28.7. The molecule has 8 nitrogen and oxygen atoms in total. The molecule has 1 saturated carbocycles. The lowest BCUT2D eigenvalue weighted by Gasteiger charge is -2.30. The van der Waals surface area contributed by atoms with Crippen LogP contribution in [0.5, 0.6) is 0 Å². The van der Waals surface area contributed by atoms with Crippen LogP contribution in [0.15, 0.2) is 29.4 Å². The van der Waals surface area contributed by atoms with Gasteiger partial charge in [0.15, 0.2) is 0 Å². The molecule has 156 valence electrons. The second-order valence-corrected chi connectivity index (χ2v) is 8.41. The number of thiazole rings is 1. The summed E-state index contributed by atoms with van der Waals surface area (Å²) in [6, 6.07) is -0.732. The van der Waals surface area contributed by atoms with Gasteiger partial charge >= 0.3 is 6.03 Å². The highest BCUT2D eigenvalue weighted by atomic mass is 32.1. The minimum absolute atomic E-state index is 0.118. The van der Waals surface area contributed by atoms with E-state index in [9.17, 15) is 9.59 Å². The molecule has 3 N–H and O–H groups in total.